The summed E-state index contributed by atoms with van der Waals surface area (Å²) in [5, 5.41) is 8.97. The Kier molecular flexibility index (Phi) is 41.6. The molecule has 81 heavy (non-hydrogen) atoms. The number of benzene rings is 1. The normalized spacial score (nSPS) is 14.0. The molecule has 27 heteroatoms. The molecule has 1 aromatic rings. The molecule has 1 aliphatic rings. The molecule has 0 radical (unpaired) electrons. The molecule has 1 fully saturated rings. The van der Waals surface area contributed by atoms with E-state index in [1.165, 1.54) is 21.7 Å². The second-order valence-corrected chi connectivity index (χ2v) is 18.5. The number of amides is 5. The number of nitrogens with zero attached hydrogens (tertiary/aromatic N) is 4. The number of primary amides is 1. The van der Waals surface area contributed by atoms with Crippen LogP contribution in [0.3, 0.4) is 0 Å². The van der Waals surface area contributed by atoms with Crippen molar-refractivity contribution in [1.29, 1.82) is 0 Å². The Balaban J connectivity index is 2.26. The summed E-state index contributed by atoms with van der Waals surface area (Å²) in [5.74, 6) is -3.17. The number of nitrogens with two attached hydrogens (primary N) is 1. The number of ether oxygens (including phenoxy) is 12. The van der Waals surface area contributed by atoms with Gasteiger partial charge in [-0.25, -0.2) is 0 Å². The lowest BCUT2D eigenvalue weighted by molar-refractivity contribution is -0.146. The average Bonchev–Trinajstić information content (AvgIpc) is 3.85. The lowest BCUT2D eigenvalue weighted by atomic mass is 10.1. The second kappa shape index (κ2) is 46.6. The Morgan fingerprint density at radius 2 is 0.951 bits per heavy atom. The average molecular weight is 1160 g/mol. The van der Waals surface area contributed by atoms with Gasteiger partial charge in [-0.3, -0.25) is 38.9 Å². The molecule has 2 rings (SSSR count). The first kappa shape index (κ1) is 72.3. The third kappa shape index (κ3) is 33.1. The van der Waals surface area contributed by atoms with Crippen molar-refractivity contribution in [3.8, 4) is 0 Å². The molecule has 1 aliphatic heterocycles. The summed E-state index contributed by atoms with van der Waals surface area (Å²) >= 11 is 0. The molecule has 1 aromatic carbocycles. The Labute approximate surface area is 477 Å². The van der Waals surface area contributed by atoms with Crippen molar-refractivity contribution in [3.05, 3.63) is 29.8 Å². The predicted molar refractivity (Wildman–Crippen MR) is 297 cm³/mol. The molecule has 0 spiro atoms. The first-order valence-corrected chi connectivity index (χ1v) is 27.6. The molecule has 1 saturated heterocycles. The Morgan fingerprint density at radius 1 is 0.556 bits per heavy atom. The SMILES string of the molecule is CNC(CC(=O)N(CC(=O)N(CCOCCOCCOC)CCOCCOCCOC)CC(=O)N(CCOCCOCCOC)CCOCCOCCOC)C(=O)CNC1CCN(C(C)C(=O)CNc2ccc(CC(N)=O)cc2)C1=O. The van der Waals surface area contributed by atoms with Crippen LogP contribution < -0.4 is 21.7 Å². The van der Waals surface area contributed by atoms with Gasteiger partial charge in [-0.05, 0) is 38.1 Å². The fourth-order valence-electron chi connectivity index (χ4n) is 7.79. The lowest BCUT2D eigenvalue weighted by Gasteiger charge is -2.30. The van der Waals surface area contributed by atoms with Crippen molar-refractivity contribution in [3.63, 3.8) is 0 Å². The van der Waals surface area contributed by atoms with E-state index in [-0.39, 0.29) is 117 Å². The van der Waals surface area contributed by atoms with Crippen LogP contribution in [0.15, 0.2) is 24.3 Å². The van der Waals surface area contributed by atoms with Crippen molar-refractivity contribution in [2.24, 2.45) is 5.73 Å². The van der Waals surface area contributed by atoms with Crippen molar-refractivity contribution < 1.29 is 90.4 Å². The van der Waals surface area contributed by atoms with Crippen LogP contribution >= 0.6 is 0 Å². The number of anilines is 1. The zero-order chi connectivity index (χ0) is 59.3. The lowest BCUT2D eigenvalue weighted by Crippen LogP contribution is -2.52. The minimum Gasteiger partial charge on any atom is -0.382 e. The van der Waals surface area contributed by atoms with Crippen LogP contribution in [0.5, 0.6) is 0 Å². The van der Waals surface area contributed by atoms with Gasteiger partial charge in [0.2, 0.25) is 29.5 Å². The van der Waals surface area contributed by atoms with E-state index in [2.05, 4.69) is 16.0 Å². The molecule has 0 aliphatic carbocycles. The quantitative estimate of drug-likeness (QED) is 0.0514. The fourth-order valence-corrected chi connectivity index (χ4v) is 7.79. The van der Waals surface area contributed by atoms with E-state index >= 15 is 0 Å². The summed E-state index contributed by atoms with van der Waals surface area (Å²) in [5.41, 5.74) is 6.67. The number of ketones is 2. The zero-order valence-corrected chi connectivity index (χ0v) is 48.8. The Hall–Kier alpha value is -4.85. The molecule has 27 nitrogen and oxygen atoms in total. The van der Waals surface area contributed by atoms with Crippen LogP contribution in [0, 0.1) is 0 Å². The highest BCUT2D eigenvalue weighted by molar-refractivity contribution is 5.96. The predicted octanol–water partition coefficient (Wildman–Crippen LogP) is -1.97. The van der Waals surface area contributed by atoms with E-state index < -0.39 is 67.0 Å². The van der Waals surface area contributed by atoms with Gasteiger partial charge < -0.3 is 92.8 Å². The monoisotopic (exact) mass is 1160 g/mol. The minimum atomic E-state index is -1.09. The number of carbonyl (C=O) groups excluding carboxylic acids is 7. The standard InChI is InChI=1S/C54H94N8O19/c1-43(48(63)39-57-45-9-7-44(8-10-45)37-50(55)65)62-12-11-46(54(62)69)58-40-49(64)47(56-2)38-51(66)61(41-52(67)59(13-17-74-29-33-78-25-21-70-3)14-18-75-30-34-79-26-22-71-4)42-53(68)60(15-19-76-31-35-80-27-23-72-5)16-20-77-32-36-81-28-24-73-6/h7-10,43,46-47,56-58H,11-42H2,1-6H3,(H2,55,65). The number of nitrogens with one attached hydrogen (secondary N) is 3. The summed E-state index contributed by atoms with van der Waals surface area (Å²) < 4.78 is 65.2. The minimum absolute atomic E-state index is 0.0556. The molecular weight excluding hydrogens is 1060 g/mol. The zero-order valence-electron chi connectivity index (χ0n) is 48.8. The van der Waals surface area contributed by atoms with Crippen LogP contribution in [-0.2, 0) is 96.8 Å². The van der Waals surface area contributed by atoms with Crippen molar-refractivity contribution >= 4 is 46.8 Å². The van der Waals surface area contributed by atoms with Gasteiger partial charge in [0, 0.05) is 73.3 Å². The molecule has 464 valence electrons. The van der Waals surface area contributed by atoms with Gasteiger partial charge in [-0.15, -0.1) is 0 Å². The number of carbonyl (C=O) groups is 7. The van der Waals surface area contributed by atoms with Crippen molar-refractivity contribution in [2.75, 3.05) is 232 Å². The first-order chi connectivity index (χ1) is 39.3. The molecule has 5 N–H and O–H groups in total. The van der Waals surface area contributed by atoms with Gasteiger partial charge in [-0.1, -0.05) is 12.1 Å². The van der Waals surface area contributed by atoms with E-state index in [1.807, 2.05) is 0 Å². The van der Waals surface area contributed by atoms with E-state index in [0.717, 1.165) is 10.5 Å². The van der Waals surface area contributed by atoms with Gasteiger partial charge in [0.15, 0.2) is 11.6 Å². The highest BCUT2D eigenvalue weighted by atomic mass is 16.6. The topological polar surface area (TPSA) is 305 Å². The van der Waals surface area contributed by atoms with Gasteiger partial charge in [0.1, 0.15) is 13.1 Å². The second-order valence-electron chi connectivity index (χ2n) is 18.5. The van der Waals surface area contributed by atoms with E-state index in [9.17, 15) is 33.6 Å². The Morgan fingerprint density at radius 3 is 1.33 bits per heavy atom. The fraction of sp³-hybridized carbons (Fsp3) is 0.759. The Bertz CT molecular complexity index is 1790. The highest BCUT2D eigenvalue weighted by Gasteiger charge is 2.37. The number of rotatable bonds is 54. The van der Waals surface area contributed by atoms with Crippen molar-refractivity contribution in [2.45, 2.75) is 44.3 Å². The van der Waals surface area contributed by atoms with Gasteiger partial charge in [-0.2, -0.15) is 0 Å². The molecule has 0 saturated carbocycles. The summed E-state index contributed by atoms with van der Waals surface area (Å²) in [6.45, 7) is 6.98. The number of hydrogen-bond acceptors (Lipinski definition) is 22. The van der Waals surface area contributed by atoms with Crippen LogP contribution in [0.25, 0.3) is 0 Å². The number of methoxy groups -OCH3 is 4. The molecule has 5 amide bonds. The first-order valence-electron chi connectivity index (χ1n) is 27.6. The van der Waals surface area contributed by atoms with Crippen LogP contribution in [0.1, 0.15) is 25.3 Å². The van der Waals surface area contributed by atoms with E-state index in [4.69, 9.17) is 62.6 Å². The number of likely N-dealkylation sites (tertiary alicyclic amines) is 1. The molecule has 1 heterocycles. The summed E-state index contributed by atoms with van der Waals surface area (Å²) in [6.07, 6.45) is -0.0178. The van der Waals surface area contributed by atoms with Gasteiger partial charge in [0.05, 0.1) is 170 Å². The van der Waals surface area contributed by atoms with E-state index in [1.54, 1.807) is 59.6 Å². The summed E-state index contributed by atoms with van der Waals surface area (Å²) in [6, 6.07) is 4.31. The molecular formula is C54H94N8O19. The van der Waals surface area contributed by atoms with Crippen LogP contribution in [0.4, 0.5) is 5.69 Å². The van der Waals surface area contributed by atoms with E-state index in [0.29, 0.717) is 91.4 Å². The van der Waals surface area contributed by atoms with Gasteiger partial charge in [0.25, 0.3) is 0 Å². The summed E-state index contributed by atoms with van der Waals surface area (Å²) in [4.78, 5) is 101. The maximum Gasteiger partial charge on any atom is 0.242 e. The van der Waals surface area contributed by atoms with Crippen LogP contribution in [0.2, 0.25) is 0 Å². The number of Topliss-reactive ketones (excluding diaryl/α,β-unsaturated/α-hetero) is 2. The van der Waals surface area contributed by atoms with Crippen molar-refractivity contribution in [1.82, 2.24) is 30.2 Å². The van der Waals surface area contributed by atoms with Crippen LogP contribution in [-0.4, -0.2) is 305 Å². The largest absolute Gasteiger partial charge is 0.382 e. The maximum atomic E-state index is 14.5. The molecule has 0 bridgehead atoms. The maximum absolute atomic E-state index is 14.5. The molecule has 3 unspecified atom stereocenters. The summed E-state index contributed by atoms with van der Waals surface area (Å²) in [7, 11) is 7.81. The molecule has 3 atom stereocenters. The number of likely N-dealkylation sites (N-methyl/N-ethyl adjacent to an activating group) is 1. The highest BCUT2D eigenvalue weighted by Crippen LogP contribution is 2.17. The molecule has 0 aromatic heterocycles. The number of hydrogen-bond donors (Lipinski definition) is 4. The smallest absolute Gasteiger partial charge is 0.242 e. The third-order valence-corrected chi connectivity index (χ3v) is 12.6. The van der Waals surface area contributed by atoms with Gasteiger partial charge >= 0.3 is 0 Å². The third-order valence-electron chi connectivity index (χ3n) is 12.6.